The first-order chi connectivity index (χ1) is 13.2. The van der Waals surface area contributed by atoms with Crippen LogP contribution < -0.4 is 11.3 Å². The number of anilines is 1. The van der Waals surface area contributed by atoms with E-state index in [0.29, 0.717) is 29.0 Å². The highest BCUT2D eigenvalue weighted by molar-refractivity contribution is 5.74. The minimum Gasteiger partial charge on any atom is -0.368 e. The summed E-state index contributed by atoms with van der Waals surface area (Å²) in [5, 5.41) is 0. The first-order valence-corrected chi connectivity index (χ1v) is 9.09. The Labute approximate surface area is 169 Å². The molecular weight excluding hydrogens is 370 g/mol. The number of aromatic nitrogens is 8. The number of nitrogens with one attached hydrogen (secondary N) is 1. The highest BCUT2D eigenvalue weighted by atomic mass is 16.1. The lowest BCUT2D eigenvalue weighted by Crippen LogP contribution is -2.11. The molecule has 0 amide bonds. The Kier molecular flexibility index (Phi) is 6.35. The molecule has 10 heteroatoms. The molecule has 4 aromatic heterocycles. The highest BCUT2D eigenvalue weighted by Gasteiger charge is 2.11. The van der Waals surface area contributed by atoms with Gasteiger partial charge < -0.3 is 19.9 Å². The molecule has 0 saturated heterocycles. The number of imidazole rings is 2. The Bertz CT molecular complexity index is 1180. The molecule has 3 N–H and O–H groups in total. The van der Waals surface area contributed by atoms with E-state index in [9.17, 15) is 4.79 Å². The van der Waals surface area contributed by atoms with Crippen LogP contribution in [0.5, 0.6) is 0 Å². The smallest absolute Gasteiger partial charge is 0.279 e. The third kappa shape index (κ3) is 4.25. The highest BCUT2D eigenvalue weighted by Crippen LogP contribution is 2.18. The van der Waals surface area contributed by atoms with Crippen molar-refractivity contribution in [2.45, 2.75) is 61.1 Å². The van der Waals surface area contributed by atoms with Crippen LogP contribution in [0.4, 0.5) is 5.95 Å². The fraction of sp³-hybridized carbons (Fsp3) is 0.474. The van der Waals surface area contributed by atoms with Gasteiger partial charge in [-0.2, -0.15) is 4.98 Å². The summed E-state index contributed by atoms with van der Waals surface area (Å²) < 4.78 is 3.87. The zero-order valence-electron chi connectivity index (χ0n) is 16.9. The van der Waals surface area contributed by atoms with Crippen molar-refractivity contribution >= 4 is 28.3 Å². The van der Waals surface area contributed by atoms with Crippen LogP contribution in [0.2, 0.25) is 0 Å². The molecule has 29 heavy (non-hydrogen) atoms. The third-order valence-electron chi connectivity index (χ3n) is 4.28. The van der Waals surface area contributed by atoms with Gasteiger partial charge in [-0.3, -0.25) is 4.79 Å². The van der Waals surface area contributed by atoms with Gasteiger partial charge in [-0.1, -0.05) is 7.43 Å². The molecule has 4 aromatic rings. The van der Waals surface area contributed by atoms with Crippen LogP contribution in [0.25, 0.3) is 22.3 Å². The third-order valence-corrected chi connectivity index (χ3v) is 4.28. The zero-order valence-corrected chi connectivity index (χ0v) is 16.9. The molecule has 0 atom stereocenters. The zero-order chi connectivity index (χ0) is 20.6. The summed E-state index contributed by atoms with van der Waals surface area (Å²) in [5.41, 5.74) is 8.94. The topological polar surface area (TPSA) is 133 Å². The molecule has 4 rings (SSSR count). The van der Waals surface area contributed by atoms with Gasteiger partial charge in [0.1, 0.15) is 11.3 Å². The molecule has 4 heterocycles. The molecule has 0 radical (unpaired) electrons. The number of fused-ring (bicyclic) bond motifs is 2. The number of rotatable bonds is 2. The van der Waals surface area contributed by atoms with Crippen molar-refractivity contribution in [3.05, 3.63) is 34.5 Å². The van der Waals surface area contributed by atoms with Crippen LogP contribution in [0.3, 0.4) is 0 Å². The number of nitrogens with zero attached hydrogens (tertiary/aromatic N) is 7. The van der Waals surface area contributed by atoms with Gasteiger partial charge in [0.25, 0.3) is 5.56 Å². The van der Waals surface area contributed by atoms with E-state index in [2.05, 4.69) is 43.8 Å². The molecule has 0 saturated carbocycles. The van der Waals surface area contributed by atoms with Crippen molar-refractivity contribution in [2.24, 2.45) is 0 Å². The van der Waals surface area contributed by atoms with Crippen molar-refractivity contribution in [2.75, 3.05) is 5.73 Å². The lowest BCUT2D eigenvalue weighted by Gasteiger charge is -2.07. The molecule has 0 aliphatic heterocycles. The number of nitrogen functional groups attached to an aromatic ring is 1. The van der Waals surface area contributed by atoms with Gasteiger partial charge in [-0.15, -0.1) is 0 Å². The predicted octanol–water partition coefficient (Wildman–Crippen LogP) is 2.94. The van der Waals surface area contributed by atoms with Gasteiger partial charge in [0.2, 0.25) is 5.95 Å². The second-order valence-electron chi connectivity index (χ2n) is 7.15. The maximum absolute atomic E-state index is 11.5. The fourth-order valence-corrected chi connectivity index (χ4v) is 2.87. The molecule has 0 aromatic carbocycles. The number of aryl methyl sites for hydroxylation is 2. The lowest BCUT2D eigenvalue weighted by molar-refractivity contribution is 0.612. The minimum atomic E-state index is -0.174. The largest absolute Gasteiger partial charge is 0.368 e. The van der Waals surface area contributed by atoms with E-state index in [1.807, 2.05) is 29.9 Å². The average Bonchev–Trinajstić information content (AvgIpc) is 3.19. The van der Waals surface area contributed by atoms with Crippen molar-refractivity contribution in [3.63, 3.8) is 0 Å². The van der Waals surface area contributed by atoms with Crippen molar-refractivity contribution in [1.29, 1.82) is 0 Å². The maximum Gasteiger partial charge on any atom is 0.279 e. The predicted molar refractivity (Wildman–Crippen MR) is 115 cm³/mol. The number of nitrogens with two attached hydrogens (primary N) is 1. The van der Waals surface area contributed by atoms with Crippen LogP contribution in [0.15, 0.2) is 17.4 Å². The monoisotopic (exact) mass is 399 g/mol. The molecule has 0 spiro atoms. The Hall–Kier alpha value is -3.30. The van der Waals surface area contributed by atoms with E-state index in [1.54, 1.807) is 19.6 Å². The molecule has 0 unspecified atom stereocenters. The summed E-state index contributed by atoms with van der Waals surface area (Å²) in [4.78, 5) is 34.9. The fourth-order valence-electron chi connectivity index (χ4n) is 2.87. The quantitative estimate of drug-likeness (QED) is 0.529. The standard InChI is InChI=1S/C9H13N5.C9H12N4O.CH4/c1-5(2)14-4-11-7-6(3)12-9(10)13-8(7)14;1-5(2)13-4-10-7-8(13)11-6(3)12-9(7)14;/h4-5H,1-3H3,(H2,10,12,13);4-5H,1-3H3,(H,11,12,14);1H4. The average molecular weight is 400 g/mol. The summed E-state index contributed by atoms with van der Waals surface area (Å²) in [5.74, 6) is 0.919. The molecular formula is C19H29N9O. The van der Waals surface area contributed by atoms with E-state index >= 15 is 0 Å². The number of H-pyrrole nitrogens is 1. The first kappa shape index (κ1) is 22.0. The Morgan fingerprint density at radius 3 is 1.97 bits per heavy atom. The lowest BCUT2D eigenvalue weighted by atomic mass is 10.3. The van der Waals surface area contributed by atoms with Crippen LogP contribution in [0, 0.1) is 13.8 Å². The summed E-state index contributed by atoms with van der Waals surface area (Å²) in [6.07, 6.45) is 3.42. The number of aromatic amines is 1. The minimum absolute atomic E-state index is 0. The Morgan fingerprint density at radius 1 is 0.897 bits per heavy atom. The van der Waals surface area contributed by atoms with Gasteiger partial charge in [-0.05, 0) is 41.5 Å². The molecule has 0 aliphatic carbocycles. The molecule has 0 bridgehead atoms. The molecule has 10 nitrogen and oxygen atoms in total. The van der Waals surface area contributed by atoms with Gasteiger partial charge in [0.05, 0.1) is 18.3 Å². The van der Waals surface area contributed by atoms with E-state index in [-0.39, 0.29) is 19.0 Å². The van der Waals surface area contributed by atoms with Crippen LogP contribution in [0.1, 0.15) is 58.7 Å². The summed E-state index contributed by atoms with van der Waals surface area (Å²) in [7, 11) is 0. The van der Waals surface area contributed by atoms with Crippen molar-refractivity contribution in [1.82, 2.24) is 39.0 Å². The summed E-state index contributed by atoms with van der Waals surface area (Å²) >= 11 is 0. The van der Waals surface area contributed by atoms with Gasteiger partial charge in [-0.25, -0.2) is 19.9 Å². The van der Waals surface area contributed by atoms with Crippen molar-refractivity contribution < 1.29 is 0 Å². The van der Waals surface area contributed by atoms with Gasteiger partial charge in [0.15, 0.2) is 16.8 Å². The van der Waals surface area contributed by atoms with E-state index in [4.69, 9.17) is 5.73 Å². The van der Waals surface area contributed by atoms with Gasteiger partial charge in [0, 0.05) is 12.1 Å². The van der Waals surface area contributed by atoms with E-state index < -0.39 is 0 Å². The molecule has 0 aliphatic rings. The Balaban J connectivity index is 0.000000200. The SMILES string of the molecule is C.Cc1nc(N)nc2c1ncn2C(C)C.Cc1nc2c(ncn2C(C)C)c(=O)[nH]1. The Morgan fingerprint density at radius 2 is 1.41 bits per heavy atom. The maximum atomic E-state index is 11.5. The van der Waals surface area contributed by atoms with Crippen molar-refractivity contribution in [3.8, 4) is 0 Å². The van der Waals surface area contributed by atoms with E-state index in [1.165, 1.54) is 0 Å². The van der Waals surface area contributed by atoms with E-state index in [0.717, 1.165) is 16.9 Å². The second-order valence-corrected chi connectivity index (χ2v) is 7.15. The van der Waals surface area contributed by atoms with Crippen LogP contribution in [-0.2, 0) is 0 Å². The number of hydrogen-bond acceptors (Lipinski definition) is 7. The summed E-state index contributed by atoms with van der Waals surface area (Å²) in [6, 6.07) is 0.586. The van der Waals surface area contributed by atoms with Gasteiger partial charge >= 0.3 is 0 Å². The molecule has 156 valence electrons. The normalized spacial score (nSPS) is 11.0. The second kappa shape index (κ2) is 8.38. The van der Waals surface area contributed by atoms with Crippen LogP contribution in [-0.4, -0.2) is 39.0 Å². The van der Waals surface area contributed by atoms with Crippen LogP contribution >= 0.6 is 0 Å². The summed E-state index contributed by atoms with van der Waals surface area (Å²) in [6.45, 7) is 11.9. The first-order valence-electron chi connectivity index (χ1n) is 9.09. The molecule has 0 fully saturated rings. The number of hydrogen-bond donors (Lipinski definition) is 2.